The van der Waals surface area contributed by atoms with Gasteiger partial charge in [-0.2, -0.15) is 0 Å². The minimum atomic E-state index is -0.157. The van der Waals surface area contributed by atoms with Gasteiger partial charge in [0.15, 0.2) is 0 Å². The van der Waals surface area contributed by atoms with Gasteiger partial charge in [0.2, 0.25) is 0 Å². The fraction of sp³-hybridized carbons (Fsp3) is 0.125. The number of hydrogen-bond acceptors (Lipinski definition) is 3. The lowest BCUT2D eigenvalue weighted by atomic mass is 10.2. The molecule has 0 atom stereocenters. The van der Waals surface area contributed by atoms with Crippen LogP contribution in [-0.2, 0) is 4.79 Å². The first-order valence-electron chi connectivity index (χ1n) is 6.75. The zero-order chi connectivity index (χ0) is 16.7. The van der Waals surface area contributed by atoms with E-state index in [1.165, 1.54) is 11.8 Å². The molecule has 23 heavy (non-hydrogen) atoms. The SMILES string of the molecule is Cc1cc(/C=C2\SC(=S)NC2=O)c(C)n1-c1cc(Cl)cc(Cl)c1. The molecule has 3 rings (SSSR count). The van der Waals surface area contributed by atoms with E-state index in [0.717, 1.165) is 22.6 Å². The third-order valence-electron chi connectivity index (χ3n) is 3.50. The highest BCUT2D eigenvalue weighted by Gasteiger charge is 2.23. The third-order valence-corrected chi connectivity index (χ3v) is 5.10. The van der Waals surface area contributed by atoms with Crippen molar-refractivity contribution in [1.82, 2.24) is 9.88 Å². The molecule has 0 spiro atoms. The number of aromatic nitrogens is 1. The summed E-state index contributed by atoms with van der Waals surface area (Å²) in [5.74, 6) is -0.157. The fourth-order valence-electron chi connectivity index (χ4n) is 2.56. The Hall–Kier alpha value is -1.27. The Morgan fingerprint density at radius 2 is 1.83 bits per heavy atom. The van der Waals surface area contributed by atoms with Crippen molar-refractivity contribution in [2.75, 3.05) is 0 Å². The zero-order valence-electron chi connectivity index (χ0n) is 12.3. The molecule has 0 bridgehead atoms. The maximum Gasteiger partial charge on any atom is 0.263 e. The number of nitrogens with zero attached hydrogens (tertiary/aromatic N) is 1. The number of hydrogen-bond donors (Lipinski definition) is 1. The predicted molar refractivity (Wildman–Crippen MR) is 102 cm³/mol. The smallest absolute Gasteiger partial charge is 0.263 e. The molecule has 1 aliphatic rings. The summed E-state index contributed by atoms with van der Waals surface area (Å²) in [6, 6.07) is 7.43. The second-order valence-corrected chi connectivity index (χ2v) is 7.73. The van der Waals surface area contributed by atoms with Crippen molar-refractivity contribution < 1.29 is 4.79 Å². The fourth-order valence-corrected chi connectivity index (χ4v) is 4.11. The van der Waals surface area contributed by atoms with Gasteiger partial charge in [0, 0.05) is 27.1 Å². The van der Waals surface area contributed by atoms with Crippen LogP contribution in [0.2, 0.25) is 10.0 Å². The Balaban J connectivity index is 2.08. The molecular weight excluding hydrogens is 371 g/mol. The molecule has 1 N–H and O–H groups in total. The van der Waals surface area contributed by atoms with E-state index in [9.17, 15) is 4.79 Å². The van der Waals surface area contributed by atoms with Crippen LogP contribution in [0.15, 0.2) is 29.2 Å². The van der Waals surface area contributed by atoms with Gasteiger partial charge in [-0.15, -0.1) is 0 Å². The van der Waals surface area contributed by atoms with Gasteiger partial charge in [0.05, 0.1) is 4.91 Å². The summed E-state index contributed by atoms with van der Waals surface area (Å²) in [6.45, 7) is 3.99. The molecule has 0 unspecified atom stereocenters. The normalized spacial score (nSPS) is 16.3. The van der Waals surface area contributed by atoms with Gasteiger partial charge in [-0.3, -0.25) is 4.79 Å². The average molecular weight is 383 g/mol. The molecule has 118 valence electrons. The summed E-state index contributed by atoms with van der Waals surface area (Å²) in [4.78, 5) is 12.4. The van der Waals surface area contributed by atoms with E-state index in [2.05, 4.69) is 9.88 Å². The van der Waals surface area contributed by atoms with Crippen LogP contribution in [0.5, 0.6) is 0 Å². The number of thiocarbonyl (C=S) groups is 1. The Labute approximate surface area is 153 Å². The average Bonchev–Trinajstić information content (AvgIpc) is 2.88. The van der Waals surface area contributed by atoms with Crippen LogP contribution in [0.1, 0.15) is 17.0 Å². The first-order chi connectivity index (χ1) is 10.8. The lowest BCUT2D eigenvalue weighted by Crippen LogP contribution is -2.17. The lowest BCUT2D eigenvalue weighted by Gasteiger charge is -2.10. The molecule has 7 heteroatoms. The predicted octanol–water partition coefficient (Wildman–Crippen LogP) is 4.89. The number of amides is 1. The molecule has 2 aromatic rings. The summed E-state index contributed by atoms with van der Waals surface area (Å²) in [7, 11) is 0. The minimum absolute atomic E-state index is 0.157. The van der Waals surface area contributed by atoms with Crippen LogP contribution in [0.3, 0.4) is 0 Å². The molecule has 1 aromatic heterocycles. The molecule has 1 fully saturated rings. The number of rotatable bonds is 2. The van der Waals surface area contributed by atoms with Gasteiger partial charge in [-0.1, -0.05) is 47.2 Å². The monoisotopic (exact) mass is 382 g/mol. The Kier molecular flexibility index (Phi) is 4.56. The van der Waals surface area contributed by atoms with E-state index < -0.39 is 0 Å². The number of carbonyl (C=O) groups is 1. The molecule has 0 aliphatic carbocycles. The van der Waals surface area contributed by atoms with Gasteiger partial charge < -0.3 is 9.88 Å². The molecule has 1 aromatic carbocycles. The van der Waals surface area contributed by atoms with Crippen molar-refractivity contribution in [2.24, 2.45) is 0 Å². The van der Waals surface area contributed by atoms with Crippen molar-refractivity contribution >= 4 is 63.5 Å². The molecule has 0 radical (unpaired) electrons. The molecule has 1 amide bonds. The maximum atomic E-state index is 11.8. The Morgan fingerprint density at radius 3 is 2.39 bits per heavy atom. The van der Waals surface area contributed by atoms with Crippen molar-refractivity contribution in [1.29, 1.82) is 0 Å². The summed E-state index contributed by atoms with van der Waals surface area (Å²) in [6.07, 6.45) is 1.85. The number of nitrogens with one attached hydrogen (secondary N) is 1. The highest BCUT2D eigenvalue weighted by atomic mass is 35.5. The van der Waals surface area contributed by atoms with Gasteiger partial charge in [-0.05, 0) is 49.8 Å². The molecule has 1 aliphatic heterocycles. The van der Waals surface area contributed by atoms with E-state index in [1.807, 2.05) is 38.1 Å². The zero-order valence-corrected chi connectivity index (χ0v) is 15.5. The Morgan fingerprint density at radius 1 is 1.17 bits per heavy atom. The molecule has 2 heterocycles. The number of aryl methyl sites for hydroxylation is 1. The third kappa shape index (κ3) is 3.33. The van der Waals surface area contributed by atoms with E-state index in [1.54, 1.807) is 6.07 Å². The summed E-state index contributed by atoms with van der Waals surface area (Å²) < 4.78 is 2.54. The standard InChI is InChI=1S/C16H12Cl2N2OS2/c1-8-3-10(4-14-15(21)19-16(22)23-14)9(2)20(8)13-6-11(17)5-12(18)7-13/h3-7H,1-2H3,(H,19,21,22)/b14-4-. The van der Waals surface area contributed by atoms with Gasteiger partial charge >= 0.3 is 0 Å². The summed E-state index contributed by atoms with van der Waals surface area (Å²) in [5, 5.41) is 3.78. The highest BCUT2D eigenvalue weighted by molar-refractivity contribution is 8.26. The second-order valence-electron chi connectivity index (χ2n) is 5.14. The number of halogens is 2. The van der Waals surface area contributed by atoms with Gasteiger partial charge in [0.25, 0.3) is 5.91 Å². The highest BCUT2D eigenvalue weighted by Crippen LogP contribution is 2.30. The van der Waals surface area contributed by atoms with Crippen molar-refractivity contribution in [3.8, 4) is 5.69 Å². The van der Waals surface area contributed by atoms with E-state index in [0.29, 0.717) is 19.3 Å². The topological polar surface area (TPSA) is 34.0 Å². The Bertz CT molecular complexity index is 851. The largest absolute Gasteiger partial charge is 0.318 e. The van der Waals surface area contributed by atoms with Crippen molar-refractivity contribution in [3.63, 3.8) is 0 Å². The summed E-state index contributed by atoms with van der Waals surface area (Å²) >= 11 is 18.5. The van der Waals surface area contributed by atoms with Crippen molar-refractivity contribution in [2.45, 2.75) is 13.8 Å². The molecule has 3 nitrogen and oxygen atoms in total. The van der Waals surface area contributed by atoms with Crippen molar-refractivity contribution in [3.05, 3.63) is 56.2 Å². The van der Waals surface area contributed by atoms with E-state index in [-0.39, 0.29) is 5.91 Å². The van der Waals surface area contributed by atoms with Gasteiger partial charge in [0.1, 0.15) is 4.32 Å². The van der Waals surface area contributed by atoms with Crippen LogP contribution in [0.4, 0.5) is 0 Å². The number of thioether (sulfide) groups is 1. The number of carbonyl (C=O) groups excluding carboxylic acids is 1. The number of benzene rings is 1. The van der Waals surface area contributed by atoms with Crippen LogP contribution in [0.25, 0.3) is 11.8 Å². The van der Waals surface area contributed by atoms with E-state index in [4.69, 9.17) is 35.4 Å². The first kappa shape index (κ1) is 16.6. The van der Waals surface area contributed by atoms with Crippen LogP contribution in [-0.4, -0.2) is 14.8 Å². The molecule has 1 saturated heterocycles. The summed E-state index contributed by atoms with van der Waals surface area (Å²) in [5.41, 5.74) is 3.88. The van der Waals surface area contributed by atoms with Crippen LogP contribution < -0.4 is 5.32 Å². The van der Waals surface area contributed by atoms with Crippen LogP contribution in [0, 0.1) is 13.8 Å². The lowest BCUT2D eigenvalue weighted by molar-refractivity contribution is -0.115. The first-order valence-corrected chi connectivity index (χ1v) is 8.73. The maximum absolute atomic E-state index is 11.8. The molecule has 0 saturated carbocycles. The quantitative estimate of drug-likeness (QED) is 0.592. The van der Waals surface area contributed by atoms with Gasteiger partial charge in [-0.25, -0.2) is 0 Å². The van der Waals surface area contributed by atoms with Crippen LogP contribution >= 0.6 is 47.2 Å². The van der Waals surface area contributed by atoms with E-state index >= 15 is 0 Å². The molecular formula is C16H12Cl2N2OS2. The second kappa shape index (κ2) is 6.32. The minimum Gasteiger partial charge on any atom is -0.318 e.